The Labute approximate surface area is 141 Å². The van der Waals surface area contributed by atoms with Crippen molar-refractivity contribution in [2.24, 2.45) is 0 Å². The molecule has 0 radical (unpaired) electrons. The lowest BCUT2D eigenvalue weighted by molar-refractivity contribution is 0.580. The number of aromatic nitrogens is 5. The molecule has 0 aliphatic heterocycles. The van der Waals surface area contributed by atoms with Gasteiger partial charge in [-0.2, -0.15) is 0 Å². The fraction of sp³-hybridized carbons (Fsp3) is 0. The molecule has 4 rings (SSSR count). The van der Waals surface area contributed by atoms with E-state index in [-0.39, 0.29) is 5.56 Å². The summed E-state index contributed by atoms with van der Waals surface area (Å²) in [6.07, 6.45) is 7.91. The van der Waals surface area contributed by atoms with Crippen molar-refractivity contribution >= 4 is 11.6 Å². The second-order valence-corrected chi connectivity index (χ2v) is 5.09. The van der Waals surface area contributed by atoms with Crippen LogP contribution in [0.3, 0.4) is 0 Å². The highest BCUT2D eigenvalue weighted by Gasteiger charge is 2.13. The van der Waals surface area contributed by atoms with Crippen molar-refractivity contribution in [3.05, 3.63) is 71.9 Å². The lowest BCUT2D eigenvalue weighted by Crippen LogP contribution is -2.04. The van der Waals surface area contributed by atoms with Gasteiger partial charge in [0.2, 0.25) is 11.5 Å². The van der Waals surface area contributed by atoms with Gasteiger partial charge in [0.15, 0.2) is 5.76 Å². The van der Waals surface area contributed by atoms with Crippen LogP contribution >= 0.6 is 0 Å². The summed E-state index contributed by atoms with van der Waals surface area (Å²) in [5, 5.41) is 3.04. The van der Waals surface area contributed by atoms with Crippen LogP contribution in [0.15, 0.2) is 70.7 Å². The molecule has 4 aromatic rings. The maximum atomic E-state index is 11.1. The van der Waals surface area contributed by atoms with E-state index in [0.717, 1.165) is 5.56 Å². The molecule has 8 nitrogen and oxygen atoms in total. The third-order valence-corrected chi connectivity index (χ3v) is 3.44. The number of H-pyrrole nitrogens is 1. The average molecular weight is 332 g/mol. The van der Waals surface area contributed by atoms with Crippen LogP contribution in [0.25, 0.3) is 22.7 Å². The van der Waals surface area contributed by atoms with E-state index in [4.69, 9.17) is 4.42 Å². The fourth-order valence-electron chi connectivity index (χ4n) is 2.31. The highest BCUT2D eigenvalue weighted by atomic mass is 16.3. The normalized spacial score (nSPS) is 10.6. The van der Waals surface area contributed by atoms with Crippen LogP contribution in [0.4, 0.5) is 11.6 Å². The van der Waals surface area contributed by atoms with Crippen LogP contribution < -0.4 is 10.9 Å². The number of furan rings is 1. The summed E-state index contributed by atoms with van der Waals surface area (Å²) in [5.41, 5.74) is 2.52. The van der Waals surface area contributed by atoms with Gasteiger partial charge in [-0.25, -0.2) is 19.9 Å². The van der Waals surface area contributed by atoms with Crippen molar-refractivity contribution in [1.82, 2.24) is 24.9 Å². The molecule has 0 aliphatic carbocycles. The lowest BCUT2D eigenvalue weighted by atomic mass is 10.1. The first-order valence-electron chi connectivity index (χ1n) is 7.43. The third kappa shape index (κ3) is 3.13. The summed E-state index contributed by atoms with van der Waals surface area (Å²) in [4.78, 5) is 30.8. The van der Waals surface area contributed by atoms with Crippen molar-refractivity contribution in [2.45, 2.75) is 0 Å². The van der Waals surface area contributed by atoms with Crippen LogP contribution in [-0.4, -0.2) is 24.9 Å². The average Bonchev–Trinajstić information content (AvgIpc) is 3.19. The predicted molar refractivity (Wildman–Crippen MR) is 91.1 cm³/mol. The maximum absolute atomic E-state index is 11.1. The molecule has 0 atom stereocenters. The topological polar surface area (TPSA) is 110 Å². The van der Waals surface area contributed by atoms with Gasteiger partial charge in [-0.3, -0.25) is 4.79 Å². The van der Waals surface area contributed by atoms with Gasteiger partial charge in [0.25, 0.3) is 0 Å². The Morgan fingerprint density at radius 2 is 2.08 bits per heavy atom. The molecule has 0 saturated heterocycles. The molecular weight excluding hydrogens is 320 g/mol. The molecule has 0 fully saturated rings. The van der Waals surface area contributed by atoms with Crippen molar-refractivity contribution < 1.29 is 4.42 Å². The number of nitrogens with one attached hydrogen (secondary N) is 2. The Kier molecular flexibility index (Phi) is 3.76. The summed E-state index contributed by atoms with van der Waals surface area (Å²) in [7, 11) is 0. The summed E-state index contributed by atoms with van der Waals surface area (Å²) in [5.74, 6) is 1.02. The molecule has 2 N–H and O–H groups in total. The number of rotatable bonds is 4. The molecule has 25 heavy (non-hydrogen) atoms. The Hall–Kier alpha value is -3.81. The zero-order chi connectivity index (χ0) is 17.1. The third-order valence-electron chi connectivity index (χ3n) is 3.44. The number of anilines is 2. The molecule has 0 aliphatic rings. The standard InChI is InChI=1S/C17H12N6O2/c24-15-4-3-11(8-20-15)22-17-19-6-5-13(23-17)12-9-18-10-21-16(12)14-2-1-7-25-14/h1-10H,(H,20,24)(H,19,22,23). The molecule has 0 amide bonds. The number of hydrogen-bond donors (Lipinski definition) is 2. The van der Waals surface area contributed by atoms with E-state index < -0.39 is 0 Å². The maximum Gasteiger partial charge on any atom is 0.248 e. The van der Waals surface area contributed by atoms with Crippen molar-refractivity contribution in [3.8, 4) is 22.7 Å². The van der Waals surface area contributed by atoms with Crippen LogP contribution in [-0.2, 0) is 0 Å². The monoisotopic (exact) mass is 332 g/mol. The van der Waals surface area contributed by atoms with Gasteiger partial charge >= 0.3 is 0 Å². The van der Waals surface area contributed by atoms with Gasteiger partial charge in [-0.15, -0.1) is 0 Å². The van der Waals surface area contributed by atoms with Crippen LogP contribution in [0, 0.1) is 0 Å². The van der Waals surface area contributed by atoms with E-state index in [1.807, 2.05) is 6.07 Å². The lowest BCUT2D eigenvalue weighted by Gasteiger charge is -2.08. The minimum Gasteiger partial charge on any atom is -0.463 e. The molecule has 0 unspecified atom stereocenters. The molecule has 4 heterocycles. The molecule has 0 aromatic carbocycles. The molecule has 0 bridgehead atoms. The second kappa shape index (κ2) is 6.36. The van der Waals surface area contributed by atoms with Gasteiger partial charge in [0.1, 0.15) is 12.0 Å². The minimum absolute atomic E-state index is 0.176. The number of aromatic amines is 1. The number of pyridine rings is 1. The molecule has 122 valence electrons. The van der Waals surface area contributed by atoms with Crippen molar-refractivity contribution in [2.75, 3.05) is 5.32 Å². The van der Waals surface area contributed by atoms with E-state index in [1.165, 1.54) is 12.4 Å². The highest BCUT2D eigenvalue weighted by Crippen LogP contribution is 2.28. The first-order valence-corrected chi connectivity index (χ1v) is 7.43. The van der Waals surface area contributed by atoms with Crippen molar-refractivity contribution in [3.63, 3.8) is 0 Å². The van der Waals surface area contributed by atoms with Crippen LogP contribution in [0.1, 0.15) is 0 Å². The molecule has 8 heteroatoms. The zero-order valence-electron chi connectivity index (χ0n) is 12.9. The zero-order valence-corrected chi connectivity index (χ0v) is 12.9. The van der Waals surface area contributed by atoms with E-state index in [9.17, 15) is 4.79 Å². The predicted octanol–water partition coefficient (Wildman–Crippen LogP) is 2.63. The van der Waals surface area contributed by atoms with E-state index in [2.05, 4.69) is 30.2 Å². The van der Waals surface area contributed by atoms with Gasteiger partial charge in [-0.1, -0.05) is 0 Å². The minimum atomic E-state index is -0.176. The van der Waals surface area contributed by atoms with E-state index in [0.29, 0.717) is 28.8 Å². The Balaban J connectivity index is 1.71. The smallest absolute Gasteiger partial charge is 0.248 e. The van der Waals surface area contributed by atoms with Crippen LogP contribution in [0.2, 0.25) is 0 Å². The summed E-state index contributed by atoms with van der Waals surface area (Å²) in [6, 6.07) is 8.46. The molecule has 0 saturated carbocycles. The summed E-state index contributed by atoms with van der Waals surface area (Å²) >= 11 is 0. The van der Waals surface area contributed by atoms with Gasteiger partial charge in [0.05, 0.1) is 17.6 Å². The Morgan fingerprint density at radius 3 is 2.88 bits per heavy atom. The van der Waals surface area contributed by atoms with Gasteiger partial charge in [0, 0.05) is 30.2 Å². The SMILES string of the molecule is O=c1ccc(Nc2nccc(-c3cncnc3-c3ccco3)n2)c[nH]1. The first kappa shape index (κ1) is 14.8. The van der Waals surface area contributed by atoms with Crippen molar-refractivity contribution in [1.29, 1.82) is 0 Å². The fourth-order valence-corrected chi connectivity index (χ4v) is 2.31. The van der Waals surface area contributed by atoms with E-state index in [1.54, 1.807) is 43.1 Å². The number of nitrogens with zero attached hydrogens (tertiary/aromatic N) is 4. The first-order chi connectivity index (χ1) is 12.3. The summed E-state index contributed by atoms with van der Waals surface area (Å²) < 4.78 is 5.44. The quantitative estimate of drug-likeness (QED) is 0.591. The Morgan fingerprint density at radius 1 is 1.12 bits per heavy atom. The molecule has 0 spiro atoms. The van der Waals surface area contributed by atoms with Gasteiger partial charge in [-0.05, 0) is 24.3 Å². The number of hydrogen-bond acceptors (Lipinski definition) is 7. The van der Waals surface area contributed by atoms with E-state index >= 15 is 0 Å². The van der Waals surface area contributed by atoms with Crippen LogP contribution in [0.5, 0.6) is 0 Å². The molecule has 4 aromatic heterocycles. The highest BCUT2D eigenvalue weighted by molar-refractivity contribution is 5.76. The summed E-state index contributed by atoms with van der Waals surface area (Å²) in [6.45, 7) is 0. The molecular formula is C17H12N6O2. The Bertz CT molecular complexity index is 1040. The van der Waals surface area contributed by atoms with Gasteiger partial charge < -0.3 is 14.7 Å². The largest absolute Gasteiger partial charge is 0.463 e. The second-order valence-electron chi connectivity index (χ2n) is 5.09.